The van der Waals surface area contributed by atoms with Gasteiger partial charge in [0.1, 0.15) is 0 Å². The quantitative estimate of drug-likeness (QED) is 0.435. The van der Waals surface area contributed by atoms with Gasteiger partial charge in [0.2, 0.25) is 11.7 Å². The molecule has 0 heterocycles. The van der Waals surface area contributed by atoms with Crippen molar-refractivity contribution < 1.29 is 23.9 Å². The summed E-state index contributed by atoms with van der Waals surface area (Å²) in [5.74, 6) is 0.813. The zero-order valence-corrected chi connectivity index (χ0v) is 15.6. The van der Waals surface area contributed by atoms with Crippen LogP contribution in [0.15, 0.2) is 36.4 Å². The van der Waals surface area contributed by atoms with Crippen LogP contribution in [0.1, 0.15) is 5.56 Å². The molecular weight excluding hydrogens is 376 g/mol. The predicted octanol–water partition coefficient (Wildman–Crippen LogP) is 3.93. The molecule has 0 unspecified atom stereocenters. The molecule has 1 N–H and O–H groups in total. The number of benzene rings is 2. The molecule has 0 saturated carbocycles. The lowest BCUT2D eigenvalue weighted by molar-refractivity contribution is -0.384. The predicted molar refractivity (Wildman–Crippen MR) is 102 cm³/mol. The second-order valence-electron chi connectivity index (χ2n) is 5.20. The van der Waals surface area contributed by atoms with E-state index in [4.69, 9.17) is 25.8 Å². The highest BCUT2D eigenvalue weighted by Gasteiger charge is 2.13. The number of nitro benzene ring substituents is 1. The molecule has 142 valence electrons. The molecule has 2 aromatic carbocycles. The SMILES string of the molecule is COc1cc(/C=C/C(=O)Nc2cc([N+](=O)[O-])ccc2Cl)cc(OC)c1OC. The number of anilines is 1. The molecular formula is C18H17ClN2O6. The van der Waals surface area contributed by atoms with Crippen molar-refractivity contribution in [2.75, 3.05) is 26.6 Å². The molecule has 8 nitrogen and oxygen atoms in total. The van der Waals surface area contributed by atoms with Gasteiger partial charge in [0, 0.05) is 18.2 Å². The first-order chi connectivity index (χ1) is 12.9. The Labute approximate surface area is 160 Å². The fraction of sp³-hybridized carbons (Fsp3) is 0.167. The average Bonchev–Trinajstić information content (AvgIpc) is 2.66. The maximum absolute atomic E-state index is 12.1. The number of nitro groups is 1. The number of rotatable bonds is 7. The number of hydrogen-bond acceptors (Lipinski definition) is 6. The van der Waals surface area contributed by atoms with Gasteiger partial charge in [-0.05, 0) is 29.8 Å². The molecule has 0 aliphatic carbocycles. The maximum atomic E-state index is 12.1. The summed E-state index contributed by atoms with van der Waals surface area (Å²) in [6, 6.07) is 7.13. The van der Waals surface area contributed by atoms with Gasteiger partial charge >= 0.3 is 0 Å². The molecule has 0 aliphatic heterocycles. The van der Waals surface area contributed by atoms with Gasteiger partial charge in [-0.2, -0.15) is 0 Å². The van der Waals surface area contributed by atoms with Gasteiger partial charge in [0.15, 0.2) is 11.5 Å². The van der Waals surface area contributed by atoms with E-state index in [1.807, 2.05) is 0 Å². The monoisotopic (exact) mass is 392 g/mol. The Balaban J connectivity index is 2.22. The van der Waals surface area contributed by atoms with Crippen LogP contribution in [0.5, 0.6) is 17.2 Å². The van der Waals surface area contributed by atoms with Crippen molar-refractivity contribution in [3.8, 4) is 17.2 Å². The molecule has 2 aromatic rings. The Morgan fingerprint density at radius 1 is 1.11 bits per heavy atom. The number of carbonyl (C=O) groups is 1. The molecule has 0 saturated heterocycles. The summed E-state index contributed by atoms with van der Waals surface area (Å²) in [5.41, 5.74) is 0.596. The van der Waals surface area contributed by atoms with E-state index in [0.717, 1.165) is 0 Å². The Kier molecular flexibility index (Phi) is 6.62. The number of nitrogens with zero attached hydrogens (tertiary/aromatic N) is 1. The summed E-state index contributed by atoms with van der Waals surface area (Å²) in [4.78, 5) is 22.4. The van der Waals surface area contributed by atoms with Crippen molar-refractivity contribution in [1.29, 1.82) is 0 Å². The third-order valence-corrected chi connectivity index (χ3v) is 3.86. The van der Waals surface area contributed by atoms with Crippen molar-refractivity contribution in [3.05, 3.63) is 57.1 Å². The molecule has 0 bridgehead atoms. The Bertz CT molecular complexity index is 872. The van der Waals surface area contributed by atoms with Crippen molar-refractivity contribution in [1.82, 2.24) is 0 Å². The second kappa shape index (κ2) is 8.91. The molecule has 27 heavy (non-hydrogen) atoms. The number of hydrogen-bond donors (Lipinski definition) is 1. The van der Waals surface area contributed by atoms with E-state index in [9.17, 15) is 14.9 Å². The zero-order chi connectivity index (χ0) is 20.0. The third kappa shape index (κ3) is 4.89. The third-order valence-electron chi connectivity index (χ3n) is 3.53. The standard InChI is InChI=1S/C18H17ClN2O6/c1-25-15-8-11(9-16(26-2)18(15)27-3)4-7-17(22)20-14-10-12(21(23)24)5-6-13(14)19/h4-10H,1-3H3,(H,20,22)/b7-4+. The summed E-state index contributed by atoms with van der Waals surface area (Å²) >= 11 is 5.97. The number of ether oxygens (including phenoxy) is 3. The highest BCUT2D eigenvalue weighted by molar-refractivity contribution is 6.34. The van der Waals surface area contributed by atoms with Gasteiger partial charge < -0.3 is 19.5 Å². The average molecular weight is 393 g/mol. The fourth-order valence-electron chi connectivity index (χ4n) is 2.27. The molecule has 0 spiro atoms. The van der Waals surface area contributed by atoms with Gasteiger partial charge in [-0.25, -0.2) is 0 Å². The van der Waals surface area contributed by atoms with Crippen LogP contribution >= 0.6 is 11.6 Å². The van der Waals surface area contributed by atoms with Crippen LogP contribution in [0.25, 0.3) is 6.08 Å². The summed E-state index contributed by atoms with van der Waals surface area (Å²) in [7, 11) is 4.47. The van der Waals surface area contributed by atoms with E-state index in [1.165, 1.54) is 51.7 Å². The van der Waals surface area contributed by atoms with Gasteiger partial charge in [-0.3, -0.25) is 14.9 Å². The number of amides is 1. The molecule has 0 aliphatic rings. The van der Waals surface area contributed by atoms with Crippen LogP contribution in [-0.2, 0) is 4.79 Å². The number of nitrogens with one attached hydrogen (secondary N) is 1. The number of non-ortho nitro benzene ring substituents is 1. The first kappa shape index (κ1) is 20.1. The van der Waals surface area contributed by atoms with Crippen LogP contribution in [0, 0.1) is 10.1 Å². The Hall–Kier alpha value is -3.26. The van der Waals surface area contributed by atoms with Crippen molar-refractivity contribution in [3.63, 3.8) is 0 Å². The lowest BCUT2D eigenvalue weighted by atomic mass is 10.1. The highest BCUT2D eigenvalue weighted by Crippen LogP contribution is 2.38. The van der Waals surface area contributed by atoms with E-state index < -0.39 is 10.8 Å². The fourth-order valence-corrected chi connectivity index (χ4v) is 2.43. The van der Waals surface area contributed by atoms with Gasteiger partial charge in [-0.1, -0.05) is 11.6 Å². The normalized spacial score (nSPS) is 10.5. The van der Waals surface area contributed by atoms with Crippen molar-refractivity contribution >= 4 is 35.0 Å². The summed E-state index contributed by atoms with van der Waals surface area (Å²) < 4.78 is 15.7. The van der Waals surface area contributed by atoms with Crippen LogP contribution < -0.4 is 19.5 Å². The van der Waals surface area contributed by atoms with Crippen molar-refractivity contribution in [2.45, 2.75) is 0 Å². The molecule has 2 rings (SSSR count). The Morgan fingerprint density at radius 2 is 1.74 bits per heavy atom. The van der Waals surface area contributed by atoms with Gasteiger partial charge in [0.25, 0.3) is 5.69 Å². The van der Waals surface area contributed by atoms with Gasteiger partial charge in [-0.15, -0.1) is 0 Å². The topological polar surface area (TPSA) is 99.9 Å². The molecule has 0 aromatic heterocycles. The minimum atomic E-state index is -0.572. The minimum Gasteiger partial charge on any atom is -0.493 e. The van der Waals surface area contributed by atoms with E-state index in [1.54, 1.807) is 12.1 Å². The number of halogens is 1. The highest BCUT2D eigenvalue weighted by atomic mass is 35.5. The largest absolute Gasteiger partial charge is 0.493 e. The Morgan fingerprint density at radius 3 is 2.26 bits per heavy atom. The van der Waals surface area contributed by atoms with E-state index in [0.29, 0.717) is 22.8 Å². The van der Waals surface area contributed by atoms with Crippen LogP contribution in [0.3, 0.4) is 0 Å². The van der Waals surface area contributed by atoms with Crippen LogP contribution in [0.4, 0.5) is 11.4 Å². The molecule has 0 atom stereocenters. The molecule has 1 amide bonds. The van der Waals surface area contributed by atoms with Gasteiger partial charge in [0.05, 0.1) is 37.0 Å². The minimum absolute atomic E-state index is 0.144. The van der Waals surface area contributed by atoms with E-state index >= 15 is 0 Å². The summed E-state index contributed by atoms with van der Waals surface area (Å²) in [5, 5.41) is 13.5. The van der Waals surface area contributed by atoms with Crippen molar-refractivity contribution in [2.24, 2.45) is 0 Å². The first-order valence-electron chi connectivity index (χ1n) is 7.62. The summed E-state index contributed by atoms with van der Waals surface area (Å²) in [6.45, 7) is 0. The number of carbonyl (C=O) groups excluding carboxylic acids is 1. The molecule has 0 radical (unpaired) electrons. The smallest absolute Gasteiger partial charge is 0.271 e. The first-order valence-corrected chi connectivity index (χ1v) is 8.00. The van der Waals surface area contributed by atoms with E-state index in [2.05, 4.69) is 5.32 Å². The number of methoxy groups -OCH3 is 3. The molecule has 0 fully saturated rings. The second-order valence-corrected chi connectivity index (χ2v) is 5.61. The lowest BCUT2D eigenvalue weighted by Gasteiger charge is -2.12. The molecule has 9 heteroatoms. The van der Waals surface area contributed by atoms with Crippen LogP contribution in [0.2, 0.25) is 5.02 Å². The van der Waals surface area contributed by atoms with Crippen LogP contribution in [-0.4, -0.2) is 32.2 Å². The van der Waals surface area contributed by atoms with E-state index in [-0.39, 0.29) is 16.4 Å². The zero-order valence-electron chi connectivity index (χ0n) is 14.8. The maximum Gasteiger partial charge on any atom is 0.271 e. The summed E-state index contributed by atoms with van der Waals surface area (Å²) in [6.07, 6.45) is 2.79. The lowest BCUT2D eigenvalue weighted by Crippen LogP contribution is -2.08.